The first-order valence-electron chi connectivity index (χ1n) is 8.35. The Labute approximate surface area is 172 Å². The molecule has 0 aromatic carbocycles. The van der Waals surface area contributed by atoms with Gasteiger partial charge in [-0.25, -0.2) is 13.2 Å². The van der Waals surface area contributed by atoms with Crippen molar-refractivity contribution < 1.29 is 62.8 Å². The molecule has 0 fully saturated rings. The summed E-state index contributed by atoms with van der Waals surface area (Å²) in [7, 11) is -6.80. The van der Waals surface area contributed by atoms with Gasteiger partial charge in [0.05, 0.1) is 6.61 Å². The normalized spacial score (nSPS) is 15.2. The maximum Gasteiger partial charge on any atom is 0.466 e. The van der Waals surface area contributed by atoms with Crippen molar-refractivity contribution in [2.45, 2.75) is 56.3 Å². The van der Waals surface area contributed by atoms with Crippen molar-refractivity contribution in [3.8, 4) is 0 Å². The van der Waals surface area contributed by atoms with Crippen LogP contribution in [-0.4, -0.2) is 61.1 Å². The average molecular weight is 490 g/mol. The van der Waals surface area contributed by atoms with E-state index in [9.17, 15) is 53.3 Å². The van der Waals surface area contributed by atoms with Crippen LogP contribution in [-0.2, 0) is 29.2 Å². The molecule has 0 aliphatic carbocycles. The van der Waals surface area contributed by atoms with Crippen molar-refractivity contribution in [1.29, 1.82) is 0 Å². The second kappa shape index (κ2) is 10.1. The summed E-state index contributed by atoms with van der Waals surface area (Å²) in [5, 5.41) is -4.30. The molecule has 31 heavy (non-hydrogen) atoms. The lowest BCUT2D eigenvalue weighted by Gasteiger charge is -2.33. The number of alkyl halides is 7. The van der Waals surface area contributed by atoms with Gasteiger partial charge in [-0.3, -0.25) is 4.79 Å². The first-order valence-corrected chi connectivity index (χ1v) is 9.76. The van der Waals surface area contributed by atoms with E-state index >= 15 is 0 Å². The molecule has 182 valence electrons. The van der Waals surface area contributed by atoms with Crippen LogP contribution in [0.4, 0.5) is 30.7 Å². The molecule has 0 radical (unpaired) electrons. The SMILES string of the molecule is C=C(C)C(=O)OC(OCCCC(F)(F)C(F)(F)S(=O)(=O)[O-])(C(=O)NCCC)C(F)(F)F. The molecule has 0 bridgehead atoms. The molecule has 16 heteroatoms. The van der Waals surface area contributed by atoms with Crippen molar-refractivity contribution in [2.75, 3.05) is 13.2 Å². The second-order valence-corrected chi connectivity index (χ2v) is 7.59. The van der Waals surface area contributed by atoms with Gasteiger partial charge in [0.15, 0.2) is 10.1 Å². The lowest BCUT2D eigenvalue weighted by atomic mass is 10.2. The number of carbonyl (C=O) groups is 2. The zero-order chi connectivity index (χ0) is 24.9. The van der Waals surface area contributed by atoms with Gasteiger partial charge in [-0.1, -0.05) is 13.5 Å². The van der Waals surface area contributed by atoms with Crippen molar-refractivity contribution in [2.24, 2.45) is 0 Å². The predicted octanol–water partition coefficient (Wildman–Crippen LogP) is 2.46. The van der Waals surface area contributed by atoms with E-state index in [2.05, 4.69) is 16.1 Å². The molecular weight excluding hydrogens is 471 g/mol. The van der Waals surface area contributed by atoms with E-state index in [1.807, 2.05) is 0 Å². The van der Waals surface area contributed by atoms with Crippen LogP contribution in [0, 0.1) is 0 Å². The summed E-state index contributed by atoms with van der Waals surface area (Å²) in [5.41, 5.74) is -0.590. The summed E-state index contributed by atoms with van der Waals surface area (Å²) < 4.78 is 133. The molecule has 1 atom stereocenters. The molecule has 1 amide bonds. The van der Waals surface area contributed by atoms with Crippen molar-refractivity contribution in [3.63, 3.8) is 0 Å². The maximum atomic E-state index is 13.6. The third kappa shape index (κ3) is 6.77. The maximum absolute atomic E-state index is 13.6. The van der Waals surface area contributed by atoms with Crippen LogP contribution in [0.3, 0.4) is 0 Å². The molecule has 0 spiro atoms. The Balaban J connectivity index is 5.71. The van der Waals surface area contributed by atoms with Crippen LogP contribution in [0.5, 0.6) is 0 Å². The van der Waals surface area contributed by atoms with Crippen LogP contribution in [0.1, 0.15) is 33.1 Å². The van der Waals surface area contributed by atoms with Crippen molar-refractivity contribution in [1.82, 2.24) is 5.32 Å². The van der Waals surface area contributed by atoms with E-state index in [4.69, 9.17) is 0 Å². The van der Waals surface area contributed by atoms with Gasteiger partial charge in [0.2, 0.25) is 0 Å². The summed E-state index contributed by atoms with van der Waals surface area (Å²) in [6.07, 6.45) is -9.11. The van der Waals surface area contributed by atoms with E-state index in [0.29, 0.717) is 0 Å². The first kappa shape index (κ1) is 29.1. The van der Waals surface area contributed by atoms with E-state index < -0.39 is 70.2 Å². The molecule has 0 rings (SSSR count). The standard InChI is InChI=1S/C15H20F7NO7S/c1-4-7-23-11(25)13(14(18,19)20,30-10(24)9(2)3)29-8-5-6-12(16,17)15(21,22)31(26,27)28/h2,4-8H2,1,3H3,(H,23,25)(H,26,27,28)/p-1. The van der Waals surface area contributed by atoms with E-state index in [1.54, 1.807) is 5.32 Å². The molecule has 0 saturated heterocycles. The zero-order valence-electron chi connectivity index (χ0n) is 16.2. The number of esters is 1. The number of amides is 1. The molecular formula is C15H19F7NO7S-. The van der Waals surface area contributed by atoms with Gasteiger partial charge in [-0.05, 0) is 19.8 Å². The minimum atomic E-state index is -6.80. The smallest absolute Gasteiger partial charge is 0.466 e. The van der Waals surface area contributed by atoms with Crippen molar-refractivity contribution >= 4 is 22.0 Å². The fourth-order valence-corrected chi connectivity index (χ4v) is 2.29. The Kier molecular flexibility index (Phi) is 9.49. The largest absolute Gasteiger partial charge is 0.743 e. The van der Waals surface area contributed by atoms with Crippen LogP contribution >= 0.6 is 0 Å². The zero-order valence-corrected chi connectivity index (χ0v) is 17.0. The molecule has 0 heterocycles. The third-order valence-corrected chi connectivity index (χ3v) is 4.40. The number of nitrogens with one attached hydrogen (secondary N) is 1. The molecule has 0 saturated carbocycles. The van der Waals surface area contributed by atoms with Gasteiger partial charge in [0.25, 0.3) is 0 Å². The average Bonchev–Trinajstić information content (AvgIpc) is 2.59. The fraction of sp³-hybridized carbons (Fsp3) is 0.733. The second-order valence-electron chi connectivity index (χ2n) is 6.17. The molecule has 0 aliphatic rings. The highest BCUT2D eigenvalue weighted by Gasteiger charge is 2.66. The van der Waals surface area contributed by atoms with Gasteiger partial charge >= 0.3 is 35.0 Å². The number of rotatable bonds is 12. The molecule has 0 aliphatic heterocycles. The van der Waals surface area contributed by atoms with Crippen LogP contribution in [0.15, 0.2) is 12.2 Å². The minimum Gasteiger partial charge on any atom is -0.743 e. The number of ether oxygens (including phenoxy) is 2. The molecule has 0 aromatic rings. The Morgan fingerprint density at radius 1 is 1.10 bits per heavy atom. The fourth-order valence-electron chi connectivity index (χ4n) is 1.82. The first-order chi connectivity index (χ1) is 13.8. The van der Waals surface area contributed by atoms with Crippen LogP contribution in [0.25, 0.3) is 0 Å². The molecule has 1 unspecified atom stereocenters. The number of halogens is 7. The summed E-state index contributed by atoms with van der Waals surface area (Å²) in [4.78, 5) is 23.7. The molecule has 1 N–H and O–H groups in total. The predicted molar refractivity (Wildman–Crippen MR) is 87.8 cm³/mol. The van der Waals surface area contributed by atoms with E-state index in [1.165, 1.54) is 6.92 Å². The molecule has 0 aromatic heterocycles. The monoisotopic (exact) mass is 490 g/mol. The number of carbonyl (C=O) groups excluding carboxylic acids is 2. The summed E-state index contributed by atoms with van der Waals surface area (Å²) >= 11 is 0. The van der Waals surface area contributed by atoms with Crippen LogP contribution in [0.2, 0.25) is 0 Å². The van der Waals surface area contributed by atoms with E-state index in [-0.39, 0.29) is 13.0 Å². The van der Waals surface area contributed by atoms with Crippen molar-refractivity contribution in [3.05, 3.63) is 12.2 Å². The highest BCUT2D eigenvalue weighted by atomic mass is 32.2. The Morgan fingerprint density at radius 3 is 2.00 bits per heavy atom. The van der Waals surface area contributed by atoms with E-state index in [0.717, 1.165) is 6.92 Å². The summed E-state index contributed by atoms with van der Waals surface area (Å²) in [6.45, 7) is 3.56. The highest BCUT2D eigenvalue weighted by molar-refractivity contribution is 7.86. The number of hydrogen-bond donors (Lipinski definition) is 1. The lowest BCUT2D eigenvalue weighted by Crippen LogP contribution is -2.61. The highest BCUT2D eigenvalue weighted by Crippen LogP contribution is 2.42. The summed E-state index contributed by atoms with van der Waals surface area (Å²) in [6, 6.07) is 0. The Bertz CT molecular complexity index is 783. The van der Waals surface area contributed by atoms with Gasteiger partial charge in [-0.2, -0.15) is 30.7 Å². The lowest BCUT2D eigenvalue weighted by molar-refractivity contribution is -0.347. The number of hydrogen-bond acceptors (Lipinski definition) is 7. The Hall–Kier alpha value is -1.94. The topological polar surface area (TPSA) is 122 Å². The van der Waals surface area contributed by atoms with Gasteiger partial charge < -0.3 is 19.3 Å². The van der Waals surface area contributed by atoms with Gasteiger partial charge in [-0.15, -0.1) is 0 Å². The molecule has 8 nitrogen and oxygen atoms in total. The summed E-state index contributed by atoms with van der Waals surface area (Å²) in [5.74, 6) is -13.6. The van der Waals surface area contributed by atoms with Gasteiger partial charge in [0.1, 0.15) is 0 Å². The van der Waals surface area contributed by atoms with Gasteiger partial charge in [0, 0.05) is 18.5 Å². The minimum absolute atomic E-state index is 0.138. The van der Waals surface area contributed by atoms with Crippen LogP contribution < -0.4 is 5.32 Å². The quantitative estimate of drug-likeness (QED) is 0.111. The third-order valence-electron chi connectivity index (χ3n) is 3.47. The Morgan fingerprint density at radius 2 is 1.61 bits per heavy atom.